The number of ether oxygens (including phenoxy) is 1. The fourth-order valence-corrected chi connectivity index (χ4v) is 3.76. The standard InChI is InChI=1S/C16H27N3O2/c1-3-4-11-5-7-12(8-6-11)15-18-16(21-19-15)13-9-20-10-14(13)17-2/h11-14,17H,3-10H2,1-2H3. The Hall–Kier alpha value is -0.940. The fraction of sp³-hybridized carbons (Fsp3) is 0.875. The van der Waals surface area contributed by atoms with Crippen molar-refractivity contribution in [3.8, 4) is 0 Å². The Balaban J connectivity index is 1.60. The maximum Gasteiger partial charge on any atom is 0.233 e. The van der Waals surface area contributed by atoms with Gasteiger partial charge in [0.05, 0.1) is 19.1 Å². The lowest BCUT2D eigenvalue weighted by molar-refractivity contribution is 0.185. The summed E-state index contributed by atoms with van der Waals surface area (Å²) in [5.41, 5.74) is 0. The van der Waals surface area contributed by atoms with Gasteiger partial charge in [-0.3, -0.25) is 0 Å². The molecule has 0 spiro atoms. The van der Waals surface area contributed by atoms with Crippen LogP contribution in [0.5, 0.6) is 0 Å². The molecule has 1 aliphatic heterocycles. The number of aromatic nitrogens is 2. The van der Waals surface area contributed by atoms with E-state index >= 15 is 0 Å². The lowest BCUT2D eigenvalue weighted by Crippen LogP contribution is -2.31. The molecule has 2 fully saturated rings. The highest BCUT2D eigenvalue weighted by atomic mass is 16.5. The van der Waals surface area contributed by atoms with Gasteiger partial charge in [0.25, 0.3) is 0 Å². The molecule has 2 unspecified atom stereocenters. The molecule has 1 N–H and O–H groups in total. The molecule has 1 aromatic heterocycles. The molecule has 0 amide bonds. The van der Waals surface area contributed by atoms with Crippen LogP contribution in [0.4, 0.5) is 0 Å². The minimum atomic E-state index is 0.202. The third kappa shape index (κ3) is 3.29. The summed E-state index contributed by atoms with van der Waals surface area (Å²) in [5.74, 6) is 3.27. The summed E-state index contributed by atoms with van der Waals surface area (Å²) >= 11 is 0. The predicted octanol–water partition coefficient (Wildman–Crippen LogP) is 2.85. The van der Waals surface area contributed by atoms with Gasteiger partial charge in [0.2, 0.25) is 5.89 Å². The lowest BCUT2D eigenvalue weighted by atomic mass is 9.80. The first-order chi connectivity index (χ1) is 10.3. The van der Waals surface area contributed by atoms with E-state index in [1.54, 1.807) is 0 Å². The minimum absolute atomic E-state index is 0.202. The van der Waals surface area contributed by atoms with Gasteiger partial charge in [-0.25, -0.2) is 0 Å². The molecule has 21 heavy (non-hydrogen) atoms. The molecule has 2 atom stereocenters. The second kappa shape index (κ2) is 6.88. The van der Waals surface area contributed by atoms with Crippen LogP contribution in [0.15, 0.2) is 4.52 Å². The molecule has 5 nitrogen and oxygen atoms in total. The Morgan fingerprint density at radius 2 is 2.00 bits per heavy atom. The molecule has 1 saturated carbocycles. The zero-order valence-electron chi connectivity index (χ0n) is 13.2. The zero-order valence-corrected chi connectivity index (χ0v) is 13.2. The van der Waals surface area contributed by atoms with Crippen LogP contribution >= 0.6 is 0 Å². The molecular formula is C16H27N3O2. The van der Waals surface area contributed by atoms with Gasteiger partial charge in [-0.05, 0) is 38.6 Å². The number of hydrogen-bond acceptors (Lipinski definition) is 5. The molecule has 118 valence electrons. The minimum Gasteiger partial charge on any atom is -0.379 e. The maximum atomic E-state index is 5.53. The molecule has 0 aromatic carbocycles. The van der Waals surface area contributed by atoms with Crippen molar-refractivity contribution < 1.29 is 9.26 Å². The second-order valence-corrected chi connectivity index (χ2v) is 6.54. The van der Waals surface area contributed by atoms with E-state index in [4.69, 9.17) is 9.26 Å². The zero-order chi connectivity index (χ0) is 14.7. The molecule has 0 radical (unpaired) electrons. The molecule has 2 aliphatic rings. The van der Waals surface area contributed by atoms with E-state index in [2.05, 4.69) is 22.4 Å². The van der Waals surface area contributed by atoms with Crippen LogP contribution in [-0.4, -0.2) is 36.4 Å². The largest absolute Gasteiger partial charge is 0.379 e. The first-order valence-electron chi connectivity index (χ1n) is 8.40. The van der Waals surface area contributed by atoms with E-state index in [0.717, 1.165) is 24.2 Å². The van der Waals surface area contributed by atoms with Gasteiger partial charge in [-0.15, -0.1) is 0 Å². The summed E-state index contributed by atoms with van der Waals surface area (Å²) in [6.07, 6.45) is 7.71. The van der Waals surface area contributed by atoms with Crippen molar-refractivity contribution in [1.82, 2.24) is 15.5 Å². The third-order valence-electron chi connectivity index (χ3n) is 5.13. The molecule has 1 saturated heterocycles. The van der Waals surface area contributed by atoms with Gasteiger partial charge in [0, 0.05) is 12.0 Å². The van der Waals surface area contributed by atoms with Crippen LogP contribution in [0, 0.1) is 5.92 Å². The summed E-state index contributed by atoms with van der Waals surface area (Å²) in [5, 5.41) is 7.52. The lowest BCUT2D eigenvalue weighted by Gasteiger charge is -2.26. The van der Waals surface area contributed by atoms with Crippen LogP contribution < -0.4 is 5.32 Å². The highest BCUT2D eigenvalue weighted by molar-refractivity contribution is 5.05. The molecular weight excluding hydrogens is 266 g/mol. The van der Waals surface area contributed by atoms with Crippen molar-refractivity contribution >= 4 is 0 Å². The van der Waals surface area contributed by atoms with Crippen molar-refractivity contribution in [2.45, 2.75) is 63.3 Å². The SMILES string of the molecule is CCCC1CCC(c2noc(C3COCC3NC)n2)CC1. The fourth-order valence-electron chi connectivity index (χ4n) is 3.76. The molecule has 1 aliphatic carbocycles. The number of nitrogens with zero attached hydrogens (tertiary/aromatic N) is 2. The van der Waals surface area contributed by atoms with E-state index in [1.165, 1.54) is 38.5 Å². The Bertz CT molecular complexity index is 440. The van der Waals surface area contributed by atoms with Gasteiger partial charge >= 0.3 is 0 Å². The average molecular weight is 293 g/mol. The van der Waals surface area contributed by atoms with Gasteiger partial charge in [0.1, 0.15) is 0 Å². The monoisotopic (exact) mass is 293 g/mol. The number of nitrogens with one attached hydrogen (secondary N) is 1. The second-order valence-electron chi connectivity index (χ2n) is 6.54. The summed E-state index contributed by atoms with van der Waals surface area (Å²) in [6.45, 7) is 3.68. The molecule has 0 bridgehead atoms. The van der Waals surface area contributed by atoms with Crippen LogP contribution in [0.3, 0.4) is 0 Å². The van der Waals surface area contributed by atoms with Crippen molar-refractivity contribution in [2.75, 3.05) is 20.3 Å². The first kappa shape index (κ1) is 15.0. The summed E-state index contributed by atoms with van der Waals surface area (Å²) in [4.78, 5) is 4.69. The van der Waals surface area contributed by atoms with Gasteiger partial charge in [-0.2, -0.15) is 4.98 Å². The van der Waals surface area contributed by atoms with Gasteiger partial charge in [0.15, 0.2) is 5.82 Å². The Morgan fingerprint density at radius 1 is 1.19 bits per heavy atom. The van der Waals surface area contributed by atoms with Crippen molar-refractivity contribution in [3.05, 3.63) is 11.7 Å². The first-order valence-corrected chi connectivity index (χ1v) is 8.40. The van der Waals surface area contributed by atoms with E-state index in [0.29, 0.717) is 18.6 Å². The molecule has 5 heteroatoms. The highest BCUT2D eigenvalue weighted by Crippen LogP contribution is 2.37. The number of likely N-dealkylation sites (N-methyl/N-ethyl adjacent to an activating group) is 1. The number of rotatable bonds is 5. The van der Waals surface area contributed by atoms with Crippen molar-refractivity contribution in [1.29, 1.82) is 0 Å². The van der Waals surface area contributed by atoms with E-state index < -0.39 is 0 Å². The Morgan fingerprint density at radius 3 is 2.71 bits per heavy atom. The summed E-state index contributed by atoms with van der Waals surface area (Å²) < 4.78 is 11.0. The van der Waals surface area contributed by atoms with Crippen LogP contribution in [0.2, 0.25) is 0 Å². The highest BCUT2D eigenvalue weighted by Gasteiger charge is 2.34. The van der Waals surface area contributed by atoms with Gasteiger partial charge in [-0.1, -0.05) is 24.9 Å². The van der Waals surface area contributed by atoms with Crippen LogP contribution in [-0.2, 0) is 4.74 Å². The van der Waals surface area contributed by atoms with Gasteiger partial charge < -0.3 is 14.6 Å². The summed E-state index contributed by atoms with van der Waals surface area (Å²) in [7, 11) is 1.96. The van der Waals surface area contributed by atoms with Crippen LogP contribution in [0.25, 0.3) is 0 Å². The Labute approximate surface area is 126 Å². The van der Waals surface area contributed by atoms with Crippen molar-refractivity contribution in [2.24, 2.45) is 5.92 Å². The molecule has 1 aromatic rings. The maximum absolute atomic E-state index is 5.53. The summed E-state index contributed by atoms with van der Waals surface area (Å²) in [6, 6.07) is 0.290. The quantitative estimate of drug-likeness (QED) is 0.904. The van der Waals surface area contributed by atoms with E-state index in [-0.39, 0.29) is 5.92 Å². The number of hydrogen-bond donors (Lipinski definition) is 1. The van der Waals surface area contributed by atoms with E-state index in [1.807, 2.05) is 7.05 Å². The van der Waals surface area contributed by atoms with Crippen LogP contribution in [0.1, 0.15) is 69.0 Å². The predicted molar refractivity (Wildman–Crippen MR) is 80.3 cm³/mol. The molecule has 2 heterocycles. The van der Waals surface area contributed by atoms with Crippen molar-refractivity contribution in [3.63, 3.8) is 0 Å². The average Bonchev–Trinajstić information content (AvgIpc) is 3.17. The van der Waals surface area contributed by atoms with E-state index in [9.17, 15) is 0 Å². The molecule has 3 rings (SSSR count). The smallest absolute Gasteiger partial charge is 0.233 e. The topological polar surface area (TPSA) is 60.2 Å². The normalized spacial score (nSPS) is 33.4. The Kier molecular flexibility index (Phi) is 4.91. The third-order valence-corrected chi connectivity index (χ3v) is 5.13.